The molecule has 0 aliphatic rings. The van der Waals surface area contributed by atoms with E-state index in [0.29, 0.717) is 12.3 Å². The van der Waals surface area contributed by atoms with E-state index in [1.807, 2.05) is 48.5 Å². The van der Waals surface area contributed by atoms with Crippen LogP contribution >= 0.6 is 15.9 Å². The van der Waals surface area contributed by atoms with Crippen molar-refractivity contribution in [1.82, 2.24) is 4.98 Å². The van der Waals surface area contributed by atoms with Crippen molar-refractivity contribution in [3.63, 3.8) is 0 Å². The lowest BCUT2D eigenvalue weighted by Crippen LogP contribution is -1.98. The first-order chi connectivity index (χ1) is 9.74. The Hall–Kier alpha value is -2.07. The molecule has 2 aromatic carbocycles. The number of hydrogen-bond donors (Lipinski definition) is 1. The van der Waals surface area contributed by atoms with Crippen LogP contribution in [-0.4, -0.2) is 4.98 Å². The van der Waals surface area contributed by atoms with Gasteiger partial charge in [-0.1, -0.05) is 24.3 Å². The lowest BCUT2D eigenvalue weighted by Gasteiger charge is -2.09. The Kier molecular flexibility index (Phi) is 3.56. The molecule has 3 rings (SSSR count). The minimum atomic E-state index is 0.465. The van der Waals surface area contributed by atoms with E-state index < -0.39 is 0 Å². The van der Waals surface area contributed by atoms with Crippen LogP contribution in [0.4, 0.5) is 5.69 Å². The Morgan fingerprint density at radius 1 is 1.10 bits per heavy atom. The van der Waals surface area contributed by atoms with Gasteiger partial charge in [-0.15, -0.1) is 0 Å². The molecule has 100 valence electrons. The third kappa shape index (κ3) is 2.60. The number of ether oxygens (including phenoxy) is 1. The van der Waals surface area contributed by atoms with Crippen LogP contribution < -0.4 is 10.5 Å². The lowest BCUT2D eigenvalue weighted by molar-refractivity contribution is 0.309. The molecule has 0 saturated heterocycles. The molecule has 0 saturated carbocycles. The minimum Gasteiger partial charge on any atom is -0.487 e. The molecule has 0 radical (unpaired) electrons. The van der Waals surface area contributed by atoms with Gasteiger partial charge in [0.2, 0.25) is 0 Å². The summed E-state index contributed by atoms with van der Waals surface area (Å²) in [5.41, 5.74) is 8.48. The molecule has 0 unspecified atom stereocenters. The largest absolute Gasteiger partial charge is 0.487 e. The van der Waals surface area contributed by atoms with Crippen LogP contribution in [0.15, 0.2) is 59.2 Å². The van der Waals surface area contributed by atoms with Gasteiger partial charge in [-0.2, -0.15) is 0 Å². The summed E-state index contributed by atoms with van der Waals surface area (Å²) >= 11 is 3.38. The maximum Gasteiger partial charge on any atom is 0.146 e. The molecular formula is C16H13BrN2O. The van der Waals surface area contributed by atoms with E-state index in [1.165, 1.54) is 0 Å². The molecule has 0 bridgehead atoms. The standard InChI is InChI=1S/C16H13BrN2O/c17-13-7-6-11(9-14(13)18)10-20-15-5-1-3-12-4-2-8-19-16(12)15/h1-9H,10,18H2. The molecule has 20 heavy (non-hydrogen) atoms. The van der Waals surface area contributed by atoms with Crippen LogP contribution in [-0.2, 0) is 6.61 Å². The quantitative estimate of drug-likeness (QED) is 0.734. The minimum absolute atomic E-state index is 0.465. The number of hydrogen-bond acceptors (Lipinski definition) is 3. The zero-order valence-electron chi connectivity index (χ0n) is 10.7. The summed E-state index contributed by atoms with van der Waals surface area (Å²) in [4.78, 5) is 4.37. The number of nitrogen functional groups attached to an aromatic ring is 1. The molecule has 0 amide bonds. The zero-order valence-corrected chi connectivity index (χ0v) is 12.3. The normalized spacial score (nSPS) is 10.7. The molecule has 0 aliphatic carbocycles. The number of nitrogens with zero attached hydrogens (tertiary/aromatic N) is 1. The third-order valence-corrected chi connectivity index (χ3v) is 3.77. The van der Waals surface area contributed by atoms with E-state index in [0.717, 1.165) is 26.7 Å². The molecule has 0 spiro atoms. The third-order valence-electron chi connectivity index (χ3n) is 3.05. The van der Waals surface area contributed by atoms with E-state index in [9.17, 15) is 0 Å². The van der Waals surface area contributed by atoms with Crippen LogP contribution in [0.3, 0.4) is 0 Å². The number of halogens is 1. The maximum absolute atomic E-state index is 5.87. The molecule has 3 aromatic rings. The lowest BCUT2D eigenvalue weighted by atomic mass is 10.2. The van der Waals surface area contributed by atoms with Crippen LogP contribution in [0.5, 0.6) is 5.75 Å². The molecule has 0 aliphatic heterocycles. The maximum atomic E-state index is 5.87. The average Bonchev–Trinajstić information content (AvgIpc) is 2.48. The van der Waals surface area contributed by atoms with Gasteiger partial charge >= 0.3 is 0 Å². The van der Waals surface area contributed by atoms with Crippen LogP contribution in [0.1, 0.15) is 5.56 Å². The van der Waals surface area contributed by atoms with Gasteiger partial charge in [0.1, 0.15) is 17.9 Å². The van der Waals surface area contributed by atoms with Crippen molar-refractivity contribution in [1.29, 1.82) is 0 Å². The highest BCUT2D eigenvalue weighted by molar-refractivity contribution is 9.10. The van der Waals surface area contributed by atoms with Gasteiger partial charge in [0.15, 0.2) is 0 Å². The van der Waals surface area contributed by atoms with Crippen molar-refractivity contribution in [3.05, 3.63) is 64.8 Å². The van der Waals surface area contributed by atoms with Gasteiger partial charge in [-0.3, -0.25) is 4.98 Å². The van der Waals surface area contributed by atoms with Crippen molar-refractivity contribution >= 4 is 32.5 Å². The van der Waals surface area contributed by atoms with Gasteiger partial charge in [0.25, 0.3) is 0 Å². The SMILES string of the molecule is Nc1cc(COc2cccc3cccnc23)ccc1Br. The van der Waals surface area contributed by atoms with Gasteiger partial charge in [0.05, 0.1) is 0 Å². The molecular weight excluding hydrogens is 316 g/mol. The number of rotatable bonds is 3. The Labute approximate surface area is 125 Å². The summed E-state index contributed by atoms with van der Waals surface area (Å²) in [7, 11) is 0. The molecule has 4 heteroatoms. The van der Waals surface area contributed by atoms with Crippen LogP contribution in [0.2, 0.25) is 0 Å². The number of para-hydroxylation sites is 1. The second kappa shape index (κ2) is 5.51. The van der Waals surface area contributed by atoms with Crippen molar-refractivity contribution in [3.8, 4) is 5.75 Å². The first-order valence-corrected chi connectivity index (χ1v) is 7.04. The first-order valence-electron chi connectivity index (χ1n) is 6.24. The molecule has 2 N–H and O–H groups in total. The molecule has 3 nitrogen and oxygen atoms in total. The number of fused-ring (bicyclic) bond motifs is 1. The van der Waals surface area contributed by atoms with Gasteiger partial charge in [0, 0.05) is 21.7 Å². The van der Waals surface area contributed by atoms with E-state index in [4.69, 9.17) is 10.5 Å². The Morgan fingerprint density at radius 3 is 2.80 bits per heavy atom. The highest BCUT2D eigenvalue weighted by Gasteiger charge is 2.04. The Bertz CT molecular complexity index is 753. The summed E-state index contributed by atoms with van der Waals surface area (Å²) in [6, 6.07) is 15.7. The molecule has 1 aromatic heterocycles. The molecule has 0 atom stereocenters. The summed E-state index contributed by atoms with van der Waals surface area (Å²) in [5, 5.41) is 1.07. The smallest absolute Gasteiger partial charge is 0.146 e. The Balaban J connectivity index is 1.85. The number of pyridine rings is 1. The molecule has 1 heterocycles. The topological polar surface area (TPSA) is 48.1 Å². The first kappa shape index (κ1) is 12.9. The van der Waals surface area contributed by atoms with E-state index in [-0.39, 0.29) is 0 Å². The second-order valence-corrected chi connectivity index (χ2v) is 5.33. The highest BCUT2D eigenvalue weighted by Crippen LogP contribution is 2.25. The van der Waals surface area contributed by atoms with Crippen molar-refractivity contribution in [2.45, 2.75) is 6.61 Å². The van der Waals surface area contributed by atoms with E-state index in [1.54, 1.807) is 6.20 Å². The number of anilines is 1. The summed E-state index contributed by atoms with van der Waals surface area (Å²) < 4.78 is 6.76. The molecule has 0 fully saturated rings. The monoisotopic (exact) mass is 328 g/mol. The van der Waals surface area contributed by atoms with Crippen molar-refractivity contribution < 1.29 is 4.74 Å². The summed E-state index contributed by atoms with van der Waals surface area (Å²) in [6.45, 7) is 0.465. The van der Waals surface area contributed by atoms with Gasteiger partial charge in [-0.25, -0.2) is 0 Å². The fourth-order valence-corrected chi connectivity index (χ4v) is 2.28. The van der Waals surface area contributed by atoms with Crippen LogP contribution in [0, 0.1) is 0 Å². The Morgan fingerprint density at radius 2 is 1.95 bits per heavy atom. The number of aromatic nitrogens is 1. The summed E-state index contributed by atoms with van der Waals surface area (Å²) in [5.74, 6) is 0.782. The summed E-state index contributed by atoms with van der Waals surface area (Å²) in [6.07, 6.45) is 1.77. The number of benzene rings is 2. The van der Waals surface area contributed by atoms with Gasteiger partial charge in [-0.05, 0) is 45.8 Å². The zero-order chi connectivity index (χ0) is 13.9. The van der Waals surface area contributed by atoms with Crippen LogP contribution in [0.25, 0.3) is 10.9 Å². The predicted molar refractivity (Wildman–Crippen MR) is 84.6 cm³/mol. The second-order valence-electron chi connectivity index (χ2n) is 4.48. The van der Waals surface area contributed by atoms with Crippen molar-refractivity contribution in [2.75, 3.05) is 5.73 Å². The van der Waals surface area contributed by atoms with Gasteiger partial charge < -0.3 is 10.5 Å². The predicted octanol–water partition coefficient (Wildman–Crippen LogP) is 4.16. The van der Waals surface area contributed by atoms with Crippen molar-refractivity contribution in [2.24, 2.45) is 0 Å². The highest BCUT2D eigenvalue weighted by atomic mass is 79.9. The fourth-order valence-electron chi connectivity index (χ4n) is 2.04. The van der Waals surface area contributed by atoms with E-state index >= 15 is 0 Å². The fraction of sp³-hybridized carbons (Fsp3) is 0.0625. The average molecular weight is 329 g/mol. The number of nitrogens with two attached hydrogens (primary N) is 1. The van der Waals surface area contributed by atoms with E-state index in [2.05, 4.69) is 20.9 Å².